The maximum atomic E-state index is 11.8. The van der Waals surface area contributed by atoms with Gasteiger partial charge in [0, 0.05) is 7.05 Å². The minimum absolute atomic E-state index is 0.249. The second-order valence-electron chi connectivity index (χ2n) is 3.74. The molecule has 94 valence electrons. The van der Waals surface area contributed by atoms with Crippen LogP contribution < -0.4 is 5.32 Å². The van der Waals surface area contributed by atoms with Crippen LogP contribution in [0.25, 0.3) is 0 Å². The van der Waals surface area contributed by atoms with Crippen molar-refractivity contribution in [1.29, 1.82) is 0 Å². The Balaban J connectivity index is 2.72. The van der Waals surface area contributed by atoms with Crippen molar-refractivity contribution in [3.05, 3.63) is 0 Å². The molecular weight excluding hydrogens is 230 g/mol. The molecule has 1 atom stereocenters. The predicted octanol–water partition coefficient (Wildman–Crippen LogP) is -1.53. The molecule has 1 rings (SSSR count). The number of carbonyl (C=O) groups excluding carboxylic acids is 3. The van der Waals surface area contributed by atoms with E-state index in [0.717, 1.165) is 9.80 Å². The van der Waals surface area contributed by atoms with Crippen molar-refractivity contribution in [3.63, 3.8) is 0 Å². The topological polar surface area (TPSA) is 107 Å². The smallest absolute Gasteiger partial charge is 0.326 e. The molecule has 17 heavy (non-hydrogen) atoms. The Kier molecular flexibility index (Phi) is 3.66. The van der Waals surface area contributed by atoms with Crippen molar-refractivity contribution < 1.29 is 24.3 Å². The highest BCUT2D eigenvalue weighted by atomic mass is 16.4. The van der Waals surface area contributed by atoms with Gasteiger partial charge in [0.15, 0.2) is 0 Å². The number of hydrogen-bond donors (Lipinski definition) is 2. The summed E-state index contributed by atoms with van der Waals surface area (Å²) in [7, 11) is 1.30. The Morgan fingerprint density at radius 2 is 1.82 bits per heavy atom. The molecule has 0 aliphatic carbocycles. The summed E-state index contributed by atoms with van der Waals surface area (Å²) in [6.45, 7) is 0.842. The number of carboxylic acid groups (broad SMARTS) is 1. The Morgan fingerprint density at radius 1 is 1.35 bits per heavy atom. The fraction of sp³-hybridized carbons (Fsp3) is 0.556. The van der Waals surface area contributed by atoms with Gasteiger partial charge >= 0.3 is 12.0 Å². The number of nitrogens with one attached hydrogen (secondary N) is 1. The molecule has 1 unspecified atom stereocenters. The highest BCUT2D eigenvalue weighted by Crippen LogP contribution is 2.04. The summed E-state index contributed by atoms with van der Waals surface area (Å²) in [6.07, 6.45) is 0. The molecule has 0 bridgehead atoms. The molecule has 8 heteroatoms. The summed E-state index contributed by atoms with van der Waals surface area (Å²) >= 11 is 0. The van der Waals surface area contributed by atoms with Crippen molar-refractivity contribution >= 4 is 23.8 Å². The number of piperazine rings is 1. The molecule has 1 aliphatic heterocycles. The molecule has 0 aromatic carbocycles. The molecule has 0 spiro atoms. The van der Waals surface area contributed by atoms with E-state index in [4.69, 9.17) is 5.11 Å². The lowest BCUT2D eigenvalue weighted by Gasteiger charge is -2.31. The zero-order valence-electron chi connectivity index (χ0n) is 9.47. The minimum atomic E-state index is -1.16. The third-order valence-electron chi connectivity index (χ3n) is 2.46. The van der Waals surface area contributed by atoms with Gasteiger partial charge in [0.1, 0.15) is 19.1 Å². The standard InChI is InChI=1S/C9H13N3O5/c1-5(8(15)16)11(2)9(17)12-3-6(13)10-7(14)4-12/h5H,3-4H2,1-2H3,(H,15,16)(H,10,13,14). The summed E-state index contributed by atoms with van der Waals surface area (Å²) in [5.41, 5.74) is 0. The summed E-state index contributed by atoms with van der Waals surface area (Å²) in [5.74, 6) is -2.31. The monoisotopic (exact) mass is 243 g/mol. The summed E-state index contributed by atoms with van der Waals surface area (Å²) in [5, 5.41) is 10.8. The van der Waals surface area contributed by atoms with Crippen LogP contribution in [0.2, 0.25) is 0 Å². The molecule has 0 aromatic rings. The highest BCUT2D eigenvalue weighted by molar-refractivity contribution is 6.02. The van der Waals surface area contributed by atoms with Gasteiger partial charge in [0.25, 0.3) is 0 Å². The molecule has 1 aliphatic rings. The van der Waals surface area contributed by atoms with Gasteiger partial charge in [-0.25, -0.2) is 9.59 Å². The van der Waals surface area contributed by atoms with Gasteiger partial charge < -0.3 is 14.9 Å². The van der Waals surface area contributed by atoms with Crippen LogP contribution >= 0.6 is 0 Å². The van der Waals surface area contributed by atoms with Crippen LogP contribution in [0, 0.1) is 0 Å². The lowest BCUT2D eigenvalue weighted by Crippen LogP contribution is -2.57. The van der Waals surface area contributed by atoms with Crippen LogP contribution in [0.3, 0.4) is 0 Å². The first kappa shape index (κ1) is 12.9. The van der Waals surface area contributed by atoms with E-state index in [1.807, 2.05) is 5.32 Å². The van der Waals surface area contributed by atoms with Gasteiger partial charge in [-0.05, 0) is 6.92 Å². The van der Waals surface area contributed by atoms with E-state index in [-0.39, 0.29) is 13.1 Å². The number of rotatable bonds is 2. The van der Waals surface area contributed by atoms with Crippen LogP contribution in [0.4, 0.5) is 4.79 Å². The van der Waals surface area contributed by atoms with E-state index in [1.165, 1.54) is 14.0 Å². The molecule has 0 aromatic heterocycles. The van der Waals surface area contributed by atoms with Gasteiger partial charge in [0.05, 0.1) is 0 Å². The Bertz CT molecular complexity index is 365. The molecule has 8 nitrogen and oxygen atoms in total. The average Bonchev–Trinajstić information content (AvgIpc) is 2.24. The van der Waals surface area contributed by atoms with Gasteiger partial charge in [-0.1, -0.05) is 0 Å². The largest absolute Gasteiger partial charge is 0.480 e. The molecule has 1 fully saturated rings. The van der Waals surface area contributed by atoms with Crippen LogP contribution in [0.1, 0.15) is 6.92 Å². The van der Waals surface area contributed by atoms with Crippen molar-refractivity contribution in [2.75, 3.05) is 20.1 Å². The van der Waals surface area contributed by atoms with Gasteiger partial charge in [-0.3, -0.25) is 14.9 Å². The number of carbonyl (C=O) groups is 4. The van der Waals surface area contributed by atoms with Crippen molar-refractivity contribution in [2.45, 2.75) is 13.0 Å². The highest BCUT2D eigenvalue weighted by Gasteiger charge is 2.31. The first-order valence-corrected chi connectivity index (χ1v) is 4.90. The van der Waals surface area contributed by atoms with Gasteiger partial charge in [0.2, 0.25) is 11.8 Å². The number of hydrogen-bond acceptors (Lipinski definition) is 4. The van der Waals surface area contributed by atoms with E-state index in [0.29, 0.717) is 0 Å². The lowest BCUT2D eigenvalue weighted by atomic mass is 10.3. The zero-order chi connectivity index (χ0) is 13.2. The van der Waals surface area contributed by atoms with Crippen molar-refractivity contribution in [2.24, 2.45) is 0 Å². The number of urea groups is 1. The number of aliphatic carboxylic acids is 1. The molecule has 0 saturated carbocycles. The lowest BCUT2D eigenvalue weighted by molar-refractivity contribution is -0.141. The molecule has 2 N–H and O–H groups in total. The van der Waals surface area contributed by atoms with E-state index in [9.17, 15) is 19.2 Å². The van der Waals surface area contributed by atoms with Crippen LogP contribution in [0.5, 0.6) is 0 Å². The second-order valence-corrected chi connectivity index (χ2v) is 3.74. The minimum Gasteiger partial charge on any atom is -0.480 e. The fourth-order valence-electron chi connectivity index (χ4n) is 1.33. The summed E-state index contributed by atoms with van der Waals surface area (Å²) in [4.78, 5) is 46.6. The number of amides is 4. The van der Waals surface area contributed by atoms with Crippen LogP contribution in [-0.2, 0) is 14.4 Å². The third kappa shape index (κ3) is 2.92. The molecule has 4 amide bonds. The van der Waals surface area contributed by atoms with E-state index in [2.05, 4.69) is 0 Å². The van der Waals surface area contributed by atoms with Crippen molar-refractivity contribution in [3.8, 4) is 0 Å². The summed E-state index contributed by atoms with van der Waals surface area (Å²) in [6, 6.07) is -1.69. The first-order valence-electron chi connectivity index (χ1n) is 4.90. The Labute approximate surface area is 97.2 Å². The maximum absolute atomic E-state index is 11.8. The SMILES string of the molecule is CC(C(=O)O)N(C)C(=O)N1CC(=O)NC(=O)C1. The second kappa shape index (κ2) is 4.81. The molecule has 0 radical (unpaired) electrons. The van der Waals surface area contributed by atoms with E-state index in [1.54, 1.807) is 0 Å². The van der Waals surface area contributed by atoms with Crippen LogP contribution in [-0.4, -0.2) is 64.9 Å². The van der Waals surface area contributed by atoms with E-state index < -0.39 is 29.9 Å². The van der Waals surface area contributed by atoms with Crippen LogP contribution in [0.15, 0.2) is 0 Å². The average molecular weight is 243 g/mol. The number of nitrogens with zero attached hydrogens (tertiary/aromatic N) is 2. The number of likely N-dealkylation sites (N-methyl/N-ethyl adjacent to an activating group) is 1. The maximum Gasteiger partial charge on any atom is 0.326 e. The fourth-order valence-corrected chi connectivity index (χ4v) is 1.33. The number of imide groups is 1. The predicted molar refractivity (Wildman–Crippen MR) is 55.0 cm³/mol. The quantitative estimate of drug-likeness (QED) is 0.572. The normalized spacial score (nSPS) is 17.4. The molecular formula is C9H13N3O5. The van der Waals surface area contributed by atoms with Gasteiger partial charge in [-0.15, -0.1) is 0 Å². The van der Waals surface area contributed by atoms with E-state index >= 15 is 0 Å². The van der Waals surface area contributed by atoms with Crippen molar-refractivity contribution in [1.82, 2.24) is 15.1 Å². The third-order valence-corrected chi connectivity index (χ3v) is 2.46. The zero-order valence-corrected chi connectivity index (χ0v) is 9.47. The number of carboxylic acids is 1. The first-order chi connectivity index (χ1) is 7.82. The Hall–Kier alpha value is -2.12. The Morgan fingerprint density at radius 3 is 2.24 bits per heavy atom. The molecule has 1 heterocycles. The van der Waals surface area contributed by atoms with Gasteiger partial charge in [-0.2, -0.15) is 0 Å². The molecule has 1 saturated heterocycles. The summed E-state index contributed by atoms with van der Waals surface area (Å²) < 4.78 is 0.